The minimum Gasteiger partial charge on any atom is -0.156 e. The van der Waals surface area contributed by atoms with Gasteiger partial charge in [0.15, 0.2) is 0 Å². The van der Waals surface area contributed by atoms with E-state index >= 15 is 0 Å². The van der Waals surface area contributed by atoms with Crippen molar-refractivity contribution >= 4 is 0 Å². The molecule has 66 valence electrons. The van der Waals surface area contributed by atoms with Crippen molar-refractivity contribution in [2.24, 2.45) is 17.8 Å². The van der Waals surface area contributed by atoms with Gasteiger partial charge in [0.1, 0.15) is 0 Å². The molecule has 0 spiro atoms. The molecule has 2 heteroatoms. The van der Waals surface area contributed by atoms with Crippen molar-refractivity contribution in [3.63, 3.8) is 0 Å². The summed E-state index contributed by atoms with van der Waals surface area (Å²) < 4.78 is 12.2. The van der Waals surface area contributed by atoms with Gasteiger partial charge in [-0.1, -0.05) is 20.8 Å². The van der Waals surface area contributed by atoms with Gasteiger partial charge in [-0.25, -0.2) is 0 Å². The lowest BCUT2D eigenvalue weighted by Gasteiger charge is -2.35. The maximum absolute atomic E-state index is 12.2. The van der Waals surface area contributed by atoms with Gasteiger partial charge in [0, 0.05) is 6.04 Å². The Morgan fingerprint density at radius 3 is 2.09 bits per heavy atom. The summed E-state index contributed by atoms with van der Waals surface area (Å²) in [5.74, 6) is 1.92. The summed E-state index contributed by atoms with van der Waals surface area (Å²) in [5.41, 5.74) is 1.90. The van der Waals surface area contributed by atoms with Crippen LogP contribution in [0.15, 0.2) is 0 Å². The Morgan fingerprint density at radius 1 is 1.00 bits per heavy atom. The van der Waals surface area contributed by atoms with Crippen LogP contribution in [0.3, 0.4) is 0 Å². The van der Waals surface area contributed by atoms with Gasteiger partial charge in [-0.05, 0) is 30.6 Å². The highest BCUT2D eigenvalue weighted by Gasteiger charge is 2.29. The largest absolute Gasteiger partial charge is 0.156 e. The third kappa shape index (κ3) is 1.92. The third-order valence-electron chi connectivity index (χ3n) is 3.17. The first-order valence-corrected chi connectivity index (χ1v) is 4.51. The average molecular weight is 159 g/mol. The van der Waals surface area contributed by atoms with Crippen LogP contribution in [0.5, 0.6) is 0 Å². The van der Waals surface area contributed by atoms with E-state index in [1.165, 1.54) is 0 Å². The summed E-state index contributed by atoms with van der Waals surface area (Å²) in [5, 5.41) is 0. The third-order valence-corrected chi connectivity index (χ3v) is 3.17. The smallest absolute Gasteiger partial charge is 0.0400 e. The van der Waals surface area contributed by atoms with E-state index in [4.69, 9.17) is 0 Å². The molecule has 11 heavy (non-hydrogen) atoms. The van der Waals surface area contributed by atoms with Crippen LogP contribution in [0.2, 0.25) is 0 Å². The second-order valence-corrected chi connectivity index (χ2v) is 4.12. The zero-order valence-corrected chi connectivity index (χ0v) is 7.60. The van der Waals surface area contributed by atoms with E-state index in [2.05, 4.69) is 20.8 Å². The SMILES string of the molecule is CC1CC(C)C(NF)CC1C. The number of nitrogens with one attached hydrogen (secondary N) is 1. The molecule has 4 atom stereocenters. The lowest BCUT2D eigenvalue weighted by atomic mass is 9.74. The van der Waals surface area contributed by atoms with Crippen LogP contribution in [0, 0.1) is 17.8 Å². The van der Waals surface area contributed by atoms with Gasteiger partial charge in [-0.2, -0.15) is 5.54 Å². The zero-order valence-electron chi connectivity index (χ0n) is 7.60. The molecule has 0 saturated heterocycles. The number of rotatable bonds is 1. The molecule has 0 bridgehead atoms. The number of hydrogen-bond acceptors (Lipinski definition) is 1. The number of halogens is 1. The molecule has 0 heterocycles. The van der Waals surface area contributed by atoms with Gasteiger partial charge in [0.2, 0.25) is 0 Å². The first-order chi connectivity index (χ1) is 5.15. The minimum atomic E-state index is 0.0983. The summed E-state index contributed by atoms with van der Waals surface area (Å²) >= 11 is 0. The molecule has 0 aromatic carbocycles. The highest BCUT2D eigenvalue weighted by atomic mass is 19.2. The molecule has 1 nitrogen and oxygen atoms in total. The first kappa shape index (κ1) is 8.98. The lowest BCUT2D eigenvalue weighted by Crippen LogP contribution is -2.38. The maximum Gasteiger partial charge on any atom is 0.0400 e. The van der Waals surface area contributed by atoms with Gasteiger partial charge in [0.25, 0.3) is 0 Å². The van der Waals surface area contributed by atoms with E-state index in [1.807, 2.05) is 5.54 Å². The molecule has 1 N–H and O–H groups in total. The Kier molecular flexibility index (Phi) is 2.88. The zero-order chi connectivity index (χ0) is 8.43. The van der Waals surface area contributed by atoms with Crippen molar-refractivity contribution in [3.05, 3.63) is 0 Å². The van der Waals surface area contributed by atoms with Crippen LogP contribution in [-0.4, -0.2) is 6.04 Å². The highest BCUT2D eigenvalue weighted by Crippen LogP contribution is 2.33. The fourth-order valence-corrected chi connectivity index (χ4v) is 2.00. The molecule has 4 unspecified atom stereocenters. The van der Waals surface area contributed by atoms with Gasteiger partial charge < -0.3 is 0 Å². The molecule has 1 aliphatic carbocycles. The van der Waals surface area contributed by atoms with Crippen LogP contribution in [0.25, 0.3) is 0 Å². The fourth-order valence-electron chi connectivity index (χ4n) is 2.00. The standard InChI is InChI=1S/C9H18FN/c1-6-4-8(3)9(11-10)5-7(6)2/h6-9,11H,4-5H2,1-3H3. The van der Waals surface area contributed by atoms with Crippen molar-refractivity contribution in [3.8, 4) is 0 Å². The summed E-state index contributed by atoms with van der Waals surface area (Å²) in [6.07, 6.45) is 2.14. The van der Waals surface area contributed by atoms with Gasteiger partial charge in [-0.15, -0.1) is 4.48 Å². The lowest BCUT2D eigenvalue weighted by molar-refractivity contribution is 0.114. The Bertz CT molecular complexity index is 127. The molecular formula is C9H18FN. The minimum absolute atomic E-state index is 0.0983. The molecule has 1 rings (SSSR count). The van der Waals surface area contributed by atoms with E-state index in [9.17, 15) is 4.48 Å². The average Bonchev–Trinajstić information content (AvgIpc) is 1.97. The van der Waals surface area contributed by atoms with Crippen molar-refractivity contribution in [2.45, 2.75) is 39.7 Å². The summed E-state index contributed by atoms with van der Waals surface area (Å²) in [7, 11) is 0. The van der Waals surface area contributed by atoms with Crippen LogP contribution >= 0.6 is 0 Å². The molecular weight excluding hydrogens is 141 g/mol. The maximum atomic E-state index is 12.2. The van der Waals surface area contributed by atoms with Crippen LogP contribution in [0.1, 0.15) is 33.6 Å². The molecule has 0 aromatic heterocycles. The molecule has 0 aliphatic heterocycles. The molecule has 0 amide bonds. The fraction of sp³-hybridized carbons (Fsp3) is 1.00. The monoisotopic (exact) mass is 159 g/mol. The van der Waals surface area contributed by atoms with Gasteiger partial charge in [-0.3, -0.25) is 0 Å². The van der Waals surface area contributed by atoms with Crippen molar-refractivity contribution in [2.75, 3.05) is 0 Å². The van der Waals surface area contributed by atoms with Crippen LogP contribution < -0.4 is 5.54 Å². The topological polar surface area (TPSA) is 12.0 Å². The van der Waals surface area contributed by atoms with E-state index in [-0.39, 0.29) is 6.04 Å². The molecule has 0 aromatic rings. The van der Waals surface area contributed by atoms with E-state index in [1.54, 1.807) is 0 Å². The van der Waals surface area contributed by atoms with E-state index < -0.39 is 0 Å². The molecule has 1 saturated carbocycles. The predicted molar refractivity (Wildman–Crippen MR) is 44.8 cm³/mol. The predicted octanol–water partition coefficient (Wildman–Crippen LogP) is 2.53. The molecule has 1 aliphatic rings. The van der Waals surface area contributed by atoms with Gasteiger partial charge >= 0.3 is 0 Å². The van der Waals surface area contributed by atoms with Crippen LogP contribution in [-0.2, 0) is 0 Å². The van der Waals surface area contributed by atoms with E-state index in [0.29, 0.717) is 11.8 Å². The normalized spacial score (nSPS) is 45.8. The van der Waals surface area contributed by atoms with Crippen molar-refractivity contribution < 1.29 is 4.48 Å². The van der Waals surface area contributed by atoms with Crippen LogP contribution in [0.4, 0.5) is 4.48 Å². The Morgan fingerprint density at radius 2 is 1.55 bits per heavy atom. The summed E-state index contributed by atoms with van der Waals surface area (Å²) in [4.78, 5) is 0. The van der Waals surface area contributed by atoms with Crippen molar-refractivity contribution in [1.29, 1.82) is 0 Å². The Hall–Kier alpha value is -0.110. The molecule has 1 fully saturated rings. The first-order valence-electron chi connectivity index (χ1n) is 4.51. The Labute approximate surface area is 68.3 Å². The quantitative estimate of drug-likeness (QED) is 0.580. The summed E-state index contributed by atoms with van der Waals surface area (Å²) in [6, 6.07) is 0.0983. The van der Waals surface area contributed by atoms with Crippen molar-refractivity contribution in [1.82, 2.24) is 5.54 Å². The summed E-state index contributed by atoms with van der Waals surface area (Å²) in [6.45, 7) is 6.59. The highest BCUT2D eigenvalue weighted by molar-refractivity contribution is 4.82. The molecule has 0 radical (unpaired) electrons. The second-order valence-electron chi connectivity index (χ2n) is 4.12. The van der Waals surface area contributed by atoms with Gasteiger partial charge in [0.05, 0.1) is 0 Å². The second kappa shape index (κ2) is 3.53. The number of hydrogen-bond donors (Lipinski definition) is 1. The Balaban J connectivity index is 2.48. The van der Waals surface area contributed by atoms with E-state index in [0.717, 1.165) is 18.8 Å².